The second-order valence-electron chi connectivity index (χ2n) is 4.40. The van der Waals surface area contributed by atoms with Crippen LogP contribution in [0.4, 0.5) is 0 Å². The van der Waals surface area contributed by atoms with Crippen LogP contribution >= 0.6 is 35.0 Å². The van der Waals surface area contributed by atoms with Gasteiger partial charge in [0, 0.05) is 21.8 Å². The lowest BCUT2D eigenvalue weighted by Crippen LogP contribution is -2.36. The van der Waals surface area contributed by atoms with E-state index in [1.165, 1.54) is 17.1 Å². The van der Waals surface area contributed by atoms with E-state index in [1.807, 2.05) is 23.9 Å². The number of rotatable bonds is 4. The molecule has 1 aromatic carbocycles. The van der Waals surface area contributed by atoms with Gasteiger partial charge in [-0.25, -0.2) is 0 Å². The Morgan fingerprint density at radius 2 is 2.18 bits per heavy atom. The second kappa shape index (κ2) is 6.33. The topological polar surface area (TPSA) is 12.0 Å². The summed E-state index contributed by atoms with van der Waals surface area (Å²) in [4.78, 5) is 0. The smallest absolute Gasteiger partial charge is 0.0452 e. The van der Waals surface area contributed by atoms with Crippen molar-refractivity contribution in [1.82, 2.24) is 5.32 Å². The Morgan fingerprint density at radius 3 is 2.88 bits per heavy atom. The van der Waals surface area contributed by atoms with Crippen LogP contribution in [0.5, 0.6) is 0 Å². The second-order valence-corrected chi connectivity index (χ2v) is 6.32. The summed E-state index contributed by atoms with van der Waals surface area (Å²) in [5.74, 6) is 3.11. The molecule has 4 heteroatoms. The molecule has 1 nitrogen and oxygen atoms in total. The van der Waals surface area contributed by atoms with Crippen molar-refractivity contribution in [2.75, 3.05) is 18.1 Å². The summed E-state index contributed by atoms with van der Waals surface area (Å²) in [5, 5.41) is 5.06. The Labute approximate surface area is 117 Å². The van der Waals surface area contributed by atoms with Gasteiger partial charge in [0.25, 0.3) is 0 Å². The highest BCUT2D eigenvalue weighted by Crippen LogP contribution is 2.30. The van der Waals surface area contributed by atoms with Crippen molar-refractivity contribution in [2.24, 2.45) is 5.92 Å². The third-order valence-corrected chi connectivity index (χ3v) is 5.01. The first-order valence-corrected chi connectivity index (χ1v) is 7.86. The molecule has 2 rings (SSSR count). The summed E-state index contributed by atoms with van der Waals surface area (Å²) >= 11 is 14.2. The van der Waals surface area contributed by atoms with Gasteiger partial charge in [-0.15, -0.1) is 0 Å². The summed E-state index contributed by atoms with van der Waals surface area (Å²) in [6.45, 7) is 3.20. The van der Waals surface area contributed by atoms with Gasteiger partial charge in [-0.2, -0.15) is 11.8 Å². The molecule has 1 fully saturated rings. The largest absolute Gasteiger partial charge is 0.313 e. The third kappa shape index (κ3) is 3.54. The maximum atomic E-state index is 6.22. The predicted molar refractivity (Wildman–Crippen MR) is 78.4 cm³/mol. The van der Waals surface area contributed by atoms with Crippen LogP contribution in [0.15, 0.2) is 18.2 Å². The van der Waals surface area contributed by atoms with Crippen molar-refractivity contribution in [3.63, 3.8) is 0 Å². The van der Waals surface area contributed by atoms with Gasteiger partial charge in [-0.3, -0.25) is 0 Å². The number of benzene rings is 1. The van der Waals surface area contributed by atoms with Crippen LogP contribution < -0.4 is 5.32 Å². The molecule has 0 aromatic heterocycles. The molecule has 1 aliphatic heterocycles. The zero-order chi connectivity index (χ0) is 12.3. The van der Waals surface area contributed by atoms with Crippen molar-refractivity contribution < 1.29 is 0 Å². The predicted octanol–water partition coefficient (Wildman–Crippen LogP) is 3.88. The Hall–Kier alpha value is 0.110. The molecule has 1 N–H and O–H groups in total. The molecule has 1 aliphatic rings. The van der Waals surface area contributed by atoms with Crippen LogP contribution in [0.1, 0.15) is 12.5 Å². The van der Waals surface area contributed by atoms with E-state index in [9.17, 15) is 0 Å². The first kappa shape index (κ1) is 13.5. The SMILES string of the molecule is CCNC1CSCC1Cc1ccc(Cl)cc1Cl. The van der Waals surface area contributed by atoms with E-state index >= 15 is 0 Å². The van der Waals surface area contributed by atoms with E-state index < -0.39 is 0 Å². The van der Waals surface area contributed by atoms with Crippen LogP contribution in [-0.2, 0) is 6.42 Å². The van der Waals surface area contributed by atoms with E-state index in [-0.39, 0.29) is 0 Å². The van der Waals surface area contributed by atoms with Gasteiger partial charge in [0.15, 0.2) is 0 Å². The molecular formula is C13H17Cl2NS. The van der Waals surface area contributed by atoms with Crippen molar-refractivity contribution in [2.45, 2.75) is 19.4 Å². The Balaban J connectivity index is 2.04. The highest BCUT2D eigenvalue weighted by Gasteiger charge is 2.27. The van der Waals surface area contributed by atoms with Crippen LogP contribution in [0.25, 0.3) is 0 Å². The first-order valence-electron chi connectivity index (χ1n) is 5.95. The normalized spacial score (nSPS) is 24.2. The summed E-state index contributed by atoms with van der Waals surface area (Å²) in [7, 11) is 0. The Kier molecular flexibility index (Phi) is 5.04. The average Bonchev–Trinajstić information content (AvgIpc) is 2.71. The molecular weight excluding hydrogens is 273 g/mol. The maximum Gasteiger partial charge on any atom is 0.0452 e. The molecule has 94 valence electrons. The number of hydrogen-bond donors (Lipinski definition) is 1. The third-order valence-electron chi connectivity index (χ3n) is 3.16. The van der Waals surface area contributed by atoms with Gasteiger partial charge in [0.1, 0.15) is 0 Å². The molecule has 0 amide bonds. The van der Waals surface area contributed by atoms with Crippen molar-refractivity contribution >= 4 is 35.0 Å². The quantitative estimate of drug-likeness (QED) is 0.903. The lowest BCUT2D eigenvalue weighted by Gasteiger charge is -2.20. The van der Waals surface area contributed by atoms with Crippen LogP contribution in [-0.4, -0.2) is 24.1 Å². The minimum Gasteiger partial charge on any atom is -0.313 e. The highest BCUT2D eigenvalue weighted by molar-refractivity contribution is 7.99. The number of hydrogen-bond acceptors (Lipinski definition) is 2. The molecule has 17 heavy (non-hydrogen) atoms. The summed E-state index contributed by atoms with van der Waals surface area (Å²) < 4.78 is 0. The average molecular weight is 290 g/mol. The van der Waals surface area contributed by atoms with Gasteiger partial charge < -0.3 is 5.32 Å². The fourth-order valence-corrected chi connectivity index (χ4v) is 4.18. The molecule has 0 saturated carbocycles. The first-order chi connectivity index (χ1) is 8.20. The van der Waals surface area contributed by atoms with Gasteiger partial charge in [-0.05, 0) is 42.3 Å². The van der Waals surface area contributed by atoms with E-state index in [4.69, 9.17) is 23.2 Å². The van der Waals surface area contributed by atoms with Crippen molar-refractivity contribution in [3.8, 4) is 0 Å². The molecule has 1 saturated heterocycles. The zero-order valence-electron chi connectivity index (χ0n) is 9.88. The monoisotopic (exact) mass is 289 g/mol. The molecule has 2 unspecified atom stereocenters. The van der Waals surface area contributed by atoms with Crippen LogP contribution in [0.3, 0.4) is 0 Å². The number of nitrogens with one attached hydrogen (secondary N) is 1. The Morgan fingerprint density at radius 1 is 1.35 bits per heavy atom. The maximum absolute atomic E-state index is 6.22. The lowest BCUT2D eigenvalue weighted by molar-refractivity contribution is 0.434. The molecule has 1 aromatic rings. The molecule has 0 bridgehead atoms. The van der Waals surface area contributed by atoms with E-state index in [0.29, 0.717) is 17.0 Å². The minimum absolute atomic E-state index is 0.622. The standard InChI is InChI=1S/C13H17Cl2NS/c1-2-16-13-8-17-7-10(13)5-9-3-4-11(14)6-12(9)15/h3-4,6,10,13,16H,2,5,7-8H2,1H3. The molecule has 1 heterocycles. The van der Waals surface area contributed by atoms with Gasteiger partial charge in [-0.1, -0.05) is 36.2 Å². The van der Waals surface area contributed by atoms with Crippen LogP contribution in [0.2, 0.25) is 10.0 Å². The van der Waals surface area contributed by atoms with Crippen molar-refractivity contribution in [1.29, 1.82) is 0 Å². The van der Waals surface area contributed by atoms with E-state index in [0.717, 1.165) is 18.0 Å². The number of thioether (sulfide) groups is 1. The Bertz CT molecular complexity index is 384. The number of halogens is 2. The fraction of sp³-hybridized carbons (Fsp3) is 0.538. The summed E-state index contributed by atoms with van der Waals surface area (Å²) in [6.07, 6.45) is 1.04. The molecule has 0 radical (unpaired) electrons. The van der Waals surface area contributed by atoms with E-state index in [1.54, 1.807) is 0 Å². The zero-order valence-corrected chi connectivity index (χ0v) is 12.2. The van der Waals surface area contributed by atoms with Crippen LogP contribution in [0, 0.1) is 5.92 Å². The fourth-order valence-electron chi connectivity index (χ4n) is 2.26. The summed E-state index contributed by atoms with van der Waals surface area (Å²) in [6, 6.07) is 6.43. The van der Waals surface area contributed by atoms with Gasteiger partial charge >= 0.3 is 0 Å². The lowest BCUT2D eigenvalue weighted by atomic mass is 9.95. The minimum atomic E-state index is 0.622. The molecule has 2 atom stereocenters. The van der Waals surface area contributed by atoms with E-state index in [2.05, 4.69) is 18.3 Å². The highest BCUT2D eigenvalue weighted by atomic mass is 35.5. The molecule has 0 spiro atoms. The summed E-state index contributed by atoms with van der Waals surface area (Å²) in [5.41, 5.74) is 1.21. The van der Waals surface area contributed by atoms with Crippen molar-refractivity contribution in [3.05, 3.63) is 33.8 Å². The molecule has 0 aliphatic carbocycles. The van der Waals surface area contributed by atoms with Gasteiger partial charge in [0.2, 0.25) is 0 Å². The van der Waals surface area contributed by atoms with Gasteiger partial charge in [0.05, 0.1) is 0 Å².